The molecule has 0 fully saturated rings. The number of nitrogens with two attached hydrogens (primary N) is 1. The van der Waals surface area contributed by atoms with Crippen LogP contribution in [0.15, 0.2) is 47.3 Å². The van der Waals surface area contributed by atoms with Crippen LogP contribution < -0.4 is 5.73 Å². The van der Waals surface area contributed by atoms with Gasteiger partial charge in [-0.05, 0) is 12.1 Å². The number of carbonyl (C=O) groups excluding carboxylic acids is 1. The van der Waals surface area contributed by atoms with Crippen molar-refractivity contribution in [2.45, 2.75) is 0 Å². The lowest BCUT2D eigenvalue weighted by Crippen LogP contribution is -2.11. The van der Waals surface area contributed by atoms with Crippen LogP contribution in [0.25, 0.3) is 17.1 Å². The summed E-state index contributed by atoms with van der Waals surface area (Å²) in [5.74, 6) is -0.242. The average Bonchev–Trinajstić information content (AvgIpc) is 3.22. The molecule has 0 saturated heterocycles. The molecule has 0 amide bonds. The number of carbonyl (C=O) groups is 1. The second-order valence-corrected chi connectivity index (χ2v) is 4.63. The maximum absolute atomic E-state index is 12.1. The Morgan fingerprint density at radius 2 is 2.22 bits per heavy atom. The Kier molecular flexibility index (Phi) is 3.57. The number of hydrogen-bond acceptors (Lipinski definition) is 6. The summed E-state index contributed by atoms with van der Waals surface area (Å²) in [6, 6.07) is 9.15. The summed E-state index contributed by atoms with van der Waals surface area (Å²) in [7, 11) is 1.26. The Bertz CT molecular complexity index is 904. The molecule has 0 atom stereocenters. The number of aromatic nitrogens is 2. The average molecular weight is 308 g/mol. The molecule has 23 heavy (non-hydrogen) atoms. The van der Waals surface area contributed by atoms with E-state index >= 15 is 0 Å². The minimum absolute atomic E-state index is 0.0709. The molecule has 0 radical (unpaired) electrons. The number of hydrogen-bond donors (Lipinski definition) is 1. The molecule has 0 saturated carbocycles. The normalized spacial score (nSPS) is 10.3. The predicted octanol–water partition coefficient (Wildman–Crippen LogP) is 2.37. The summed E-state index contributed by atoms with van der Waals surface area (Å²) in [5, 5.41) is 9.18. The SMILES string of the molecule is COC(=O)c1c(N)c(C#N)cn1-c1ccccc1-c1ncco1. The van der Waals surface area contributed by atoms with Crippen molar-refractivity contribution in [3.05, 3.63) is 54.2 Å². The van der Waals surface area contributed by atoms with Crippen LogP contribution in [0.3, 0.4) is 0 Å². The van der Waals surface area contributed by atoms with Gasteiger partial charge in [-0.25, -0.2) is 9.78 Å². The fourth-order valence-electron chi connectivity index (χ4n) is 2.33. The van der Waals surface area contributed by atoms with Crippen molar-refractivity contribution in [2.24, 2.45) is 0 Å². The van der Waals surface area contributed by atoms with Crippen LogP contribution in [0.2, 0.25) is 0 Å². The minimum atomic E-state index is -0.633. The molecule has 0 aliphatic heterocycles. The maximum atomic E-state index is 12.1. The molecule has 0 aliphatic carbocycles. The van der Waals surface area contributed by atoms with E-state index in [0.29, 0.717) is 17.1 Å². The lowest BCUT2D eigenvalue weighted by atomic mass is 10.1. The van der Waals surface area contributed by atoms with E-state index in [0.717, 1.165) is 0 Å². The van der Waals surface area contributed by atoms with Crippen LogP contribution in [0.5, 0.6) is 0 Å². The smallest absolute Gasteiger partial charge is 0.357 e. The van der Waals surface area contributed by atoms with Gasteiger partial charge in [0.25, 0.3) is 0 Å². The second kappa shape index (κ2) is 5.69. The third-order valence-corrected chi connectivity index (χ3v) is 3.37. The number of nitrogen functional groups attached to an aromatic ring is 1. The van der Waals surface area contributed by atoms with Crippen molar-refractivity contribution in [1.29, 1.82) is 5.26 Å². The Morgan fingerprint density at radius 3 is 2.87 bits per heavy atom. The van der Waals surface area contributed by atoms with E-state index in [1.54, 1.807) is 18.2 Å². The fraction of sp³-hybridized carbons (Fsp3) is 0.0625. The van der Waals surface area contributed by atoms with E-state index in [1.165, 1.54) is 30.3 Å². The molecule has 0 unspecified atom stereocenters. The summed E-state index contributed by atoms with van der Waals surface area (Å²) >= 11 is 0. The number of nitriles is 1. The Balaban J connectivity index is 2.29. The summed E-state index contributed by atoms with van der Waals surface area (Å²) in [5.41, 5.74) is 7.51. The molecule has 3 rings (SSSR count). The van der Waals surface area contributed by atoms with Crippen LogP contribution in [-0.2, 0) is 4.74 Å². The number of anilines is 1. The first kappa shape index (κ1) is 14.4. The zero-order chi connectivity index (χ0) is 16.4. The van der Waals surface area contributed by atoms with E-state index < -0.39 is 5.97 Å². The van der Waals surface area contributed by atoms with E-state index in [4.69, 9.17) is 14.9 Å². The van der Waals surface area contributed by atoms with Gasteiger partial charge in [-0.3, -0.25) is 0 Å². The number of benzene rings is 1. The van der Waals surface area contributed by atoms with Gasteiger partial charge in [0, 0.05) is 6.20 Å². The van der Waals surface area contributed by atoms with Crippen LogP contribution in [0.4, 0.5) is 5.69 Å². The third kappa shape index (κ3) is 2.32. The van der Waals surface area contributed by atoms with E-state index in [1.807, 2.05) is 12.1 Å². The highest BCUT2D eigenvalue weighted by atomic mass is 16.5. The van der Waals surface area contributed by atoms with Crippen LogP contribution in [-0.4, -0.2) is 22.6 Å². The summed E-state index contributed by atoms with van der Waals surface area (Å²) < 4.78 is 11.6. The zero-order valence-corrected chi connectivity index (χ0v) is 12.2. The van der Waals surface area contributed by atoms with Crippen molar-refractivity contribution in [3.63, 3.8) is 0 Å². The minimum Gasteiger partial charge on any atom is -0.464 e. The third-order valence-electron chi connectivity index (χ3n) is 3.37. The van der Waals surface area contributed by atoms with Crippen molar-refractivity contribution in [3.8, 4) is 23.2 Å². The lowest BCUT2D eigenvalue weighted by molar-refractivity contribution is 0.0593. The second-order valence-electron chi connectivity index (χ2n) is 4.63. The number of esters is 1. The quantitative estimate of drug-likeness (QED) is 0.744. The van der Waals surface area contributed by atoms with Crippen molar-refractivity contribution < 1.29 is 13.9 Å². The summed E-state index contributed by atoms with van der Waals surface area (Å²) in [6.07, 6.45) is 4.47. The van der Waals surface area contributed by atoms with Crippen molar-refractivity contribution in [1.82, 2.24) is 9.55 Å². The van der Waals surface area contributed by atoms with Gasteiger partial charge >= 0.3 is 5.97 Å². The number of rotatable bonds is 3. The highest BCUT2D eigenvalue weighted by molar-refractivity contribution is 5.96. The number of para-hydroxylation sites is 1. The van der Waals surface area contributed by atoms with Gasteiger partial charge in [0.15, 0.2) is 5.69 Å². The molecule has 0 aliphatic rings. The Hall–Kier alpha value is -3.53. The van der Waals surface area contributed by atoms with Crippen LogP contribution in [0.1, 0.15) is 16.1 Å². The van der Waals surface area contributed by atoms with E-state index in [9.17, 15) is 10.1 Å². The first-order valence-corrected chi connectivity index (χ1v) is 6.66. The lowest BCUT2D eigenvalue weighted by Gasteiger charge is -2.11. The van der Waals surface area contributed by atoms with Crippen molar-refractivity contribution in [2.75, 3.05) is 12.8 Å². The first-order valence-electron chi connectivity index (χ1n) is 6.66. The molecule has 0 bridgehead atoms. The van der Waals surface area contributed by atoms with Crippen molar-refractivity contribution >= 4 is 11.7 Å². The molecule has 2 heterocycles. The van der Waals surface area contributed by atoms with E-state index in [-0.39, 0.29) is 16.9 Å². The maximum Gasteiger partial charge on any atom is 0.357 e. The Morgan fingerprint density at radius 1 is 1.43 bits per heavy atom. The molecule has 3 aromatic rings. The van der Waals surface area contributed by atoms with Gasteiger partial charge in [-0.2, -0.15) is 5.26 Å². The molecular formula is C16H12N4O3. The molecule has 7 nitrogen and oxygen atoms in total. The van der Waals surface area contributed by atoms with Gasteiger partial charge in [-0.15, -0.1) is 0 Å². The number of nitrogens with zero attached hydrogens (tertiary/aromatic N) is 3. The van der Waals surface area contributed by atoms with Gasteiger partial charge < -0.3 is 19.5 Å². The molecule has 0 spiro atoms. The zero-order valence-electron chi connectivity index (χ0n) is 12.2. The molecule has 2 aromatic heterocycles. The fourth-order valence-corrected chi connectivity index (χ4v) is 2.33. The molecule has 114 valence electrons. The Labute approximate surface area is 131 Å². The first-order chi connectivity index (χ1) is 11.2. The number of oxazole rings is 1. The summed E-state index contributed by atoms with van der Waals surface area (Å²) in [4.78, 5) is 16.2. The van der Waals surface area contributed by atoms with Crippen LogP contribution >= 0.6 is 0 Å². The van der Waals surface area contributed by atoms with E-state index in [2.05, 4.69) is 4.98 Å². The number of ether oxygens (including phenoxy) is 1. The predicted molar refractivity (Wildman–Crippen MR) is 81.7 cm³/mol. The molecule has 2 N–H and O–H groups in total. The van der Waals surface area contributed by atoms with Crippen LogP contribution in [0, 0.1) is 11.3 Å². The topological polar surface area (TPSA) is 107 Å². The molecule has 1 aromatic carbocycles. The van der Waals surface area contributed by atoms with Gasteiger partial charge in [0.1, 0.15) is 12.3 Å². The van der Waals surface area contributed by atoms with Gasteiger partial charge in [0.2, 0.25) is 5.89 Å². The monoisotopic (exact) mass is 308 g/mol. The highest BCUT2D eigenvalue weighted by Gasteiger charge is 2.23. The largest absolute Gasteiger partial charge is 0.464 e. The summed E-state index contributed by atoms with van der Waals surface area (Å²) in [6.45, 7) is 0. The van der Waals surface area contributed by atoms with Gasteiger partial charge in [-0.1, -0.05) is 12.1 Å². The highest BCUT2D eigenvalue weighted by Crippen LogP contribution is 2.30. The standard InChI is InChI=1S/C16H12N4O3/c1-22-16(21)14-13(18)10(8-17)9-20(14)12-5-3-2-4-11(12)15-19-6-7-23-15/h2-7,9H,18H2,1H3. The molecular weight excluding hydrogens is 296 g/mol. The number of methoxy groups -OCH3 is 1. The molecule has 7 heteroatoms. The van der Waals surface area contributed by atoms with Gasteiger partial charge in [0.05, 0.1) is 35.8 Å².